The number of ether oxygens (including phenoxy) is 2. The first-order valence-electron chi connectivity index (χ1n) is 10.4. The maximum atomic E-state index is 5.61. The first-order chi connectivity index (χ1) is 15.2. The Balaban J connectivity index is 1.41. The summed E-state index contributed by atoms with van der Waals surface area (Å²) in [5.41, 5.74) is 2.83. The number of methoxy groups -OCH3 is 2. The highest BCUT2D eigenvalue weighted by Crippen LogP contribution is 2.37. The zero-order valence-electron chi connectivity index (χ0n) is 17.7. The highest BCUT2D eigenvalue weighted by atomic mass is 32.1. The second kappa shape index (κ2) is 8.64. The highest BCUT2D eigenvalue weighted by Gasteiger charge is 2.25. The van der Waals surface area contributed by atoms with E-state index < -0.39 is 0 Å². The fraction of sp³-hybridized carbons (Fsp3) is 0.348. The first kappa shape index (κ1) is 20.0. The number of pyridine rings is 1. The average Bonchev–Trinajstić information content (AvgIpc) is 3.47. The van der Waals surface area contributed by atoms with E-state index in [1.54, 1.807) is 25.6 Å². The molecular weight excluding hydrogens is 410 g/mol. The molecule has 0 aliphatic carbocycles. The SMILES string of the molecule is COc1cccc(-c2ccc3nc(C4CCCN(Cc5nccs5)C4)nn3c2)c1OC. The van der Waals surface area contributed by atoms with Gasteiger partial charge in [0.15, 0.2) is 23.0 Å². The van der Waals surface area contributed by atoms with Gasteiger partial charge < -0.3 is 9.47 Å². The molecular formula is C23H25N5O2S. The van der Waals surface area contributed by atoms with Crippen LogP contribution >= 0.6 is 11.3 Å². The molecule has 31 heavy (non-hydrogen) atoms. The molecule has 7 nitrogen and oxygen atoms in total. The maximum Gasteiger partial charge on any atom is 0.168 e. The van der Waals surface area contributed by atoms with E-state index >= 15 is 0 Å². The lowest BCUT2D eigenvalue weighted by Gasteiger charge is -2.30. The Morgan fingerprint density at radius 2 is 2.10 bits per heavy atom. The molecule has 160 valence electrons. The van der Waals surface area contributed by atoms with Gasteiger partial charge in [-0.15, -0.1) is 11.3 Å². The van der Waals surface area contributed by atoms with Gasteiger partial charge in [0.25, 0.3) is 0 Å². The van der Waals surface area contributed by atoms with Crippen LogP contribution in [0.5, 0.6) is 11.5 Å². The molecule has 5 rings (SSSR count). The van der Waals surface area contributed by atoms with Crippen LogP contribution in [0.4, 0.5) is 0 Å². The summed E-state index contributed by atoms with van der Waals surface area (Å²) in [4.78, 5) is 11.7. The predicted octanol–water partition coefficient (Wildman–Crippen LogP) is 4.25. The van der Waals surface area contributed by atoms with Crippen molar-refractivity contribution in [3.63, 3.8) is 0 Å². The van der Waals surface area contributed by atoms with E-state index in [4.69, 9.17) is 19.6 Å². The number of aromatic nitrogens is 4. The van der Waals surface area contributed by atoms with Crippen molar-refractivity contribution in [2.45, 2.75) is 25.3 Å². The maximum absolute atomic E-state index is 5.61. The molecule has 0 radical (unpaired) electrons. The number of nitrogens with zero attached hydrogens (tertiary/aromatic N) is 5. The van der Waals surface area contributed by atoms with E-state index in [1.165, 1.54) is 5.01 Å². The lowest BCUT2D eigenvalue weighted by Crippen LogP contribution is -2.34. The standard InChI is InChI=1S/C23H25N5O2S/c1-29-19-7-3-6-18(22(19)30-2)16-8-9-20-25-23(26-28(20)14-16)17-5-4-11-27(13-17)15-21-24-10-12-31-21/h3,6-10,12,14,17H,4-5,11,13,15H2,1-2H3. The molecule has 0 saturated carbocycles. The Kier molecular flexibility index (Phi) is 5.57. The van der Waals surface area contributed by atoms with E-state index in [9.17, 15) is 0 Å². The largest absolute Gasteiger partial charge is 0.493 e. The Bertz CT molecular complexity index is 1170. The highest BCUT2D eigenvalue weighted by molar-refractivity contribution is 7.09. The molecule has 1 fully saturated rings. The third-order valence-electron chi connectivity index (χ3n) is 5.77. The van der Waals surface area contributed by atoms with E-state index in [2.05, 4.69) is 16.0 Å². The molecule has 4 heterocycles. The summed E-state index contributed by atoms with van der Waals surface area (Å²) in [7, 11) is 3.31. The minimum absolute atomic E-state index is 0.336. The van der Waals surface area contributed by atoms with Crippen LogP contribution in [0.15, 0.2) is 48.1 Å². The molecule has 1 aromatic carbocycles. The van der Waals surface area contributed by atoms with E-state index in [0.29, 0.717) is 11.7 Å². The van der Waals surface area contributed by atoms with Gasteiger partial charge in [0.05, 0.1) is 20.8 Å². The summed E-state index contributed by atoms with van der Waals surface area (Å²) in [5, 5.41) is 8.05. The molecule has 0 amide bonds. The summed E-state index contributed by atoms with van der Waals surface area (Å²) in [5.74, 6) is 2.68. The van der Waals surface area contributed by atoms with Crippen molar-refractivity contribution in [3.8, 4) is 22.6 Å². The van der Waals surface area contributed by atoms with Crippen LogP contribution in [0.2, 0.25) is 0 Å². The minimum atomic E-state index is 0.336. The van der Waals surface area contributed by atoms with Crippen LogP contribution in [0.3, 0.4) is 0 Å². The van der Waals surface area contributed by atoms with Gasteiger partial charge in [0.1, 0.15) is 5.01 Å². The van der Waals surface area contributed by atoms with Crippen molar-refractivity contribution in [2.24, 2.45) is 0 Å². The molecule has 1 aliphatic rings. The molecule has 1 saturated heterocycles. The van der Waals surface area contributed by atoms with Crippen molar-refractivity contribution in [1.82, 2.24) is 24.5 Å². The number of fused-ring (bicyclic) bond motifs is 1. The summed E-state index contributed by atoms with van der Waals surface area (Å²) in [6.07, 6.45) is 6.15. The summed E-state index contributed by atoms with van der Waals surface area (Å²) in [6, 6.07) is 9.96. The molecule has 1 aliphatic heterocycles. The molecule has 0 N–H and O–H groups in total. The van der Waals surface area contributed by atoms with Gasteiger partial charge in [-0.2, -0.15) is 5.10 Å². The van der Waals surface area contributed by atoms with Gasteiger partial charge in [-0.05, 0) is 37.6 Å². The summed E-state index contributed by atoms with van der Waals surface area (Å²) >= 11 is 1.72. The number of benzene rings is 1. The quantitative estimate of drug-likeness (QED) is 0.451. The minimum Gasteiger partial charge on any atom is -0.493 e. The van der Waals surface area contributed by atoms with E-state index in [1.807, 2.05) is 46.6 Å². The number of para-hydroxylation sites is 1. The van der Waals surface area contributed by atoms with Crippen molar-refractivity contribution in [1.29, 1.82) is 0 Å². The number of piperidine rings is 1. The third kappa shape index (κ3) is 4.00. The molecule has 8 heteroatoms. The van der Waals surface area contributed by atoms with Gasteiger partial charge >= 0.3 is 0 Å². The second-order valence-electron chi connectivity index (χ2n) is 7.73. The van der Waals surface area contributed by atoms with Crippen LogP contribution < -0.4 is 9.47 Å². The van der Waals surface area contributed by atoms with Gasteiger partial charge in [-0.25, -0.2) is 14.5 Å². The lowest BCUT2D eigenvalue weighted by molar-refractivity contribution is 0.196. The zero-order chi connectivity index (χ0) is 21.2. The number of hydrogen-bond donors (Lipinski definition) is 0. The number of thiazole rings is 1. The number of rotatable bonds is 6. The smallest absolute Gasteiger partial charge is 0.168 e. The summed E-state index contributed by atoms with van der Waals surface area (Å²) < 4.78 is 12.9. The second-order valence-corrected chi connectivity index (χ2v) is 8.71. The number of hydrogen-bond acceptors (Lipinski definition) is 7. The van der Waals surface area contributed by atoms with E-state index in [-0.39, 0.29) is 0 Å². The Morgan fingerprint density at radius 1 is 1.16 bits per heavy atom. The summed E-state index contributed by atoms with van der Waals surface area (Å²) in [6.45, 7) is 2.97. The van der Waals surface area contributed by atoms with Crippen molar-refractivity contribution in [2.75, 3.05) is 27.3 Å². The van der Waals surface area contributed by atoms with Crippen molar-refractivity contribution >= 4 is 17.0 Å². The fourth-order valence-electron chi connectivity index (χ4n) is 4.28. The molecule has 1 unspecified atom stereocenters. The number of likely N-dealkylation sites (tertiary alicyclic amines) is 1. The molecule has 4 aromatic rings. The van der Waals surface area contributed by atoms with Gasteiger partial charge in [0, 0.05) is 41.4 Å². The molecule has 1 atom stereocenters. The fourth-order valence-corrected chi connectivity index (χ4v) is 4.94. The average molecular weight is 436 g/mol. The van der Waals surface area contributed by atoms with Gasteiger partial charge in [-0.3, -0.25) is 4.90 Å². The lowest BCUT2D eigenvalue weighted by atomic mass is 9.97. The Hall–Kier alpha value is -2.97. The van der Waals surface area contributed by atoms with Crippen LogP contribution in [-0.2, 0) is 6.54 Å². The molecule has 3 aromatic heterocycles. The molecule has 0 bridgehead atoms. The monoisotopic (exact) mass is 435 g/mol. The first-order valence-corrected chi connectivity index (χ1v) is 11.3. The zero-order valence-corrected chi connectivity index (χ0v) is 18.5. The van der Waals surface area contributed by atoms with Crippen molar-refractivity contribution < 1.29 is 9.47 Å². The van der Waals surface area contributed by atoms with Gasteiger partial charge in [-0.1, -0.05) is 12.1 Å². The normalized spacial score (nSPS) is 17.2. The topological polar surface area (TPSA) is 64.8 Å². The van der Waals surface area contributed by atoms with Crippen LogP contribution in [0, 0.1) is 0 Å². The van der Waals surface area contributed by atoms with Crippen LogP contribution in [0.1, 0.15) is 29.6 Å². The van der Waals surface area contributed by atoms with Crippen molar-refractivity contribution in [3.05, 3.63) is 58.9 Å². The van der Waals surface area contributed by atoms with Crippen LogP contribution in [-0.4, -0.2) is 51.8 Å². The van der Waals surface area contributed by atoms with Gasteiger partial charge in [0.2, 0.25) is 0 Å². The Labute approximate surface area is 185 Å². The molecule has 0 spiro atoms. The van der Waals surface area contributed by atoms with Crippen LogP contribution in [0.25, 0.3) is 16.8 Å². The Morgan fingerprint density at radius 3 is 2.90 bits per heavy atom. The third-order valence-corrected chi connectivity index (χ3v) is 6.54. The van der Waals surface area contributed by atoms with E-state index in [0.717, 1.165) is 60.8 Å². The predicted molar refractivity (Wildman–Crippen MR) is 121 cm³/mol.